The molecule has 6 heteroatoms. The van der Waals surface area contributed by atoms with Crippen LogP contribution in [0.25, 0.3) is 11.1 Å². The standard InChI is InChI=1S/C16H12F6/c1-10-4-2-3-5-13(10)11-6-8-12(9-7-11)14(15(17,18)19)16(20,21)22/h2-9,14H,1H3. The van der Waals surface area contributed by atoms with Crippen LogP contribution >= 0.6 is 0 Å². The van der Waals surface area contributed by atoms with Gasteiger partial charge in [0.15, 0.2) is 5.92 Å². The van der Waals surface area contributed by atoms with Crippen molar-refractivity contribution in [2.24, 2.45) is 0 Å². The molecule has 2 aromatic rings. The number of halogens is 6. The van der Waals surface area contributed by atoms with Crippen LogP contribution in [0.1, 0.15) is 17.0 Å². The first-order valence-corrected chi connectivity index (χ1v) is 6.40. The van der Waals surface area contributed by atoms with Gasteiger partial charge in [0.2, 0.25) is 0 Å². The molecule has 0 aliphatic carbocycles. The van der Waals surface area contributed by atoms with Gasteiger partial charge in [-0.1, -0.05) is 48.5 Å². The monoisotopic (exact) mass is 318 g/mol. The van der Waals surface area contributed by atoms with Gasteiger partial charge in [0, 0.05) is 0 Å². The molecule has 118 valence electrons. The van der Waals surface area contributed by atoms with Crippen LogP contribution in [0, 0.1) is 6.92 Å². The van der Waals surface area contributed by atoms with Crippen LogP contribution in [0.4, 0.5) is 26.3 Å². The third-order valence-corrected chi connectivity index (χ3v) is 3.35. The van der Waals surface area contributed by atoms with Crippen molar-refractivity contribution in [3.05, 3.63) is 59.7 Å². The highest BCUT2D eigenvalue weighted by Crippen LogP contribution is 2.46. The zero-order valence-electron chi connectivity index (χ0n) is 11.5. The molecule has 0 bridgehead atoms. The lowest BCUT2D eigenvalue weighted by Crippen LogP contribution is -2.34. The fourth-order valence-corrected chi connectivity index (χ4v) is 2.32. The molecular formula is C16H12F6. The summed E-state index contributed by atoms with van der Waals surface area (Å²) < 4.78 is 76.0. The molecule has 0 radical (unpaired) electrons. The van der Waals surface area contributed by atoms with Crippen molar-refractivity contribution in [2.75, 3.05) is 0 Å². The zero-order valence-corrected chi connectivity index (χ0v) is 11.5. The van der Waals surface area contributed by atoms with E-state index in [9.17, 15) is 26.3 Å². The average molecular weight is 318 g/mol. The molecule has 0 saturated heterocycles. The zero-order chi connectivity index (χ0) is 16.5. The minimum Gasteiger partial charge on any atom is -0.170 e. The van der Waals surface area contributed by atoms with E-state index in [-0.39, 0.29) is 0 Å². The van der Waals surface area contributed by atoms with Gasteiger partial charge in [0.25, 0.3) is 0 Å². The van der Waals surface area contributed by atoms with Crippen LogP contribution < -0.4 is 0 Å². The molecule has 0 saturated carbocycles. The molecule has 0 nitrogen and oxygen atoms in total. The van der Waals surface area contributed by atoms with Gasteiger partial charge in [-0.15, -0.1) is 0 Å². The number of rotatable bonds is 2. The lowest BCUT2D eigenvalue weighted by molar-refractivity contribution is -0.253. The highest BCUT2D eigenvalue weighted by atomic mass is 19.4. The molecule has 2 aromatic carbocycles. The SMILES string of the molecule is Cc1ccccc1-c1ccc(C(C(F)(F)F)C(F)(F)F)cc1. The number of hydrogen-bond donors (Lipinski definition) is 0. The third kappa shape index (κ3) is 3.43. The smallest absolute Gasteiger partial charge is 0.170 e. The van der Waals surface area contributed by atoms with E-state index in [0.29, 0.717) is 5.56 Å². The van der Waals surface area contributed by atoms with Gasteiger partial charge in [-0.25, -0.2) is 0 Å². The topological polar surface area (TPSA) is 0 Å². The molecule has 0 spiro atoms. The van der Waals surface area contributed by atoms with Crippen molar-refractivity contribution in [2.45, 2.75) is 25.2 Å². The van der Waals surface area contributed by atoms with E-state index in [1.54, 1.807) is 18.2 Å². The van der Waals surface area contributed by atoms with E-state index in [0.717, 1.165) is 23.3 Å². The summed E-state index contributed by atoms with van der Waals surface area (Å²) in [6.45, 7) is 1.82. The summed E-state index contributed by atoms with van der Waals surface area (Å²) in [4.78, 5) is 0. The molecule has 0 amide bonds. The third-order valence-electron chi connectivity index (χ3n) is 3.35. The lowest BCUT2D eigenvalue weighted by atomic mass is 9.94. The number of alkyl halides is 6. The second kappa shape index (κ2) is 5.66. The van der Waals surface area contributed by atoms with Crippen molar-refractivity contribution >= 4 is 0 Å². The molecule has 0 heterocycles. The van der Waals surface area contributed by atoms with Crippen molar-refractivity contribution in [1.82, 2.24) is 0 Å². The molecule has 0 unspecified atom stereocenters. The van der Waals surface area contributed by atoms with Crippen molar-refractivity contribution in [3.8, 4) is 11.1 Å². The van der Waals surface area contributed by atoms with E-state index in [4.69, 9.17) is 0 Å². The molecule has 0 fully saturated rings. The molecule has 0 N–H and O–H groups in total. The molecular weight excluding hydrogens is 306 g/mol. The molecule has 22 heavy (non-hydrogen) atoms. The quantitative estimate of drug-likeness (QED) is 0.607. The van der Waals surface area contributed by atoms with Crippen molar-refractivity contribution in [1.29, 1.82) is 0 Å². The lowest BCUT2D eigenvalue weighted by Gasteiger charge is -2.23. The van der Waals surface area contributed by atoms with Crippen molar-refractivity contribution in [3.63, 3.8) is 0 Å². The Kier molecular flexibility index (Phi) is 4.22. The summed E-state index contributed by atoms with van der Waals surface area (Å²) in [6.07, 6.45) is -10.7. The summed E-state index contributed by atoms with van der Waals surface area (Å²) in [6, 6.07) is 11.5. The van der Waals surface area contributed by atoms with E-state index in [1.807, 2.05) is 13.0 Å². The summed E-state index contributed by atoms with van der Waals surface area (Å²) in [5.41, 5.74) is 1.42. The first-order chi connectivity index (χ1) is 10.1. The van der Waals surface area contributed by atoms with Crippen LogP contribution in [0.5, 0.6) is 0 Å². The van der Waals surface area contributed by atoms with E-state index >= 15 is 0 Å². The normalized spacial score (nSPS) is 12.7. The average Bonchev–Trinajstić information content (AvgIpc) is 2.37. The second-order valence-electron chi connectivity index (χ2n) is 4.95. The van der Waals surface area contributed by atoms with E-state index in [2.05, 4.69) is 0 Å². The molecule has 0 aliphatic rings. The van der Waals surface area contributed by atoms with Gasteiger partial charge in [-0.05, 0) is 29.2 Å². The Hall–Kier alpha value is -1.98. The number of benzene rings is 2. The number of aryl methyl sites for hydroxylation is 1. The molecule has 0 aliphatic heterocycles. The summed E-state index contributed by atoms with van der Waals surface area (Å²) >= 11 is 0. The predicted octanol–water partition coefficient (Wildman–Crippen LogP) is 5.87. The maximum atomic E-state index is 12.7. The summed E-state index contributed by atoms with van der Waals surface area (Å²) in [7, 11) is 0. The highest BCUT2D eigenvalue weighted by Gasteiger charge is 2.57. The largest absolute Gasteiger partial charge is 0.404 e. The van der Waals surface area contributed by atoms with Gasteiger partial charge in [0.05, 0.1) is 0 Å². The first-order valence-electron chi connectivity index (χ1n) is 6.40. The summed E-state index contributed by atoms with van der Waals surface area (Å²) in [5.74, 6) is -3.47. The van der Waals surface area contributed by atoms with Crippen LogP contribution in [-0.2, 0) is 0 Å². The first kappa shape index (κ1) is 16.4. The Morgan fingerprint density at radius 2 is 1.23 bits per heavy atom. The van der Waals surface area contributed by atoms with Gasteiger partial charge in [-0.3, -0.25) is 0 Å². The fraction of sp³-hybridized carbons (Fsp3) is 0.250. The van der Waals surface area contributed by atoms with Crippen molar-refractivity contribution < 1.29 is 26.3 Å². The predicted molar refractivity (Wildman–Crippen MR) is 71.5 cm³/mol. The van der Waals surface area contributed by atoms with E-state index < -0.39 is 23.8 Å². The Morgan fingerprint density at radius 1 is 0.727 bits per heavy atom. The Bertz CT molecular complexity index is 623. The summed E-state index contributed by atoms with van der Waals surface area (Å²) in [5, 5.41) is 0. The second-order valence-corrected chi connectivity index (χ2v) is 4.95. The van der Waals surface area contributed by atoms with Gasteiger partial charge in [0.1, 0.15) is 0 Å². The Balaban J connectivity index is 2.42. The van der Waals surface area contributed by atoms with Crippen LogP contribution in [0.2, 0.25) is 0 Å². The minimum absolute atomic E-state index is 0.574. The maximum Gasteiger partial charge on any atom is 0.404 e. The molecule has 2 rings (SSSR count). The maximum absolute atomic E-state index is 12.7. The van der Waals surface area contributed by atoms with Crippen LogP contribution in [0.15, 0.2) is 48.5 Å². The Labute approximate surface area is 123 Å². The van der Waals surface area contributed by atoms with Gasteiger partial charge in [-0.2, -0.15) is 26.3 Å². The van der Waals surface area contributed by atoms with E-state index in [1.165, 1.54) is 12.1 Å². The fourth-order valence-electron chi connectivity index (χ4n) is 2.32. The minimum atomic E-state index is -5.37. The van der Waals surface area contributed by atoms with Crippen LogP contribution in [0.3, 0.4) is 0 Å². The number of hydrogen-bond acceptors (Lipinski definition) is 0. The molecule has 0 aromatic heterocycles. The molecule has 0 atom stereocenters. The Morgan fingerprint density at radius 3 is 1.68 bits per heavy atom. The van der Waals surface area contributed by atoms with Gasteiger partial charge < -0.3 is 0 Å². The van der Waals surface area contributed by atoms with Crippen LogP contribution in [-0.4, -0.2) is 12.4 Å². The van der Waals surface area contributed by atoms with Gasteiger partial charge >= 0.3 is 12.4 Å². The highest BCUT2D eigenvalue weighted by molar-refractivity contribution is 5.67.